The van der Waals surface area contributed by atoms with Crippen LogP contribution in [0.15, 0.2) is 194 Å². The lowest BCUT2D eigenvalue weighted by Gasteiger charge is -2.21. The van der Waals surface area contributed by atoms with Crippen LogP contribution >= 0.6 is 0 Å². The largest absolute Gasteiger partial charge is 0.416 e. The van der Waals surface area contributed by atoms with Gasteiger partial charge in [0, 0.05) is 55.2 Å². The minimum absolute atomic E-state index is 0.137. The number of alkyl halides is 3. The maximum atomic E-state index is 14.8. The molecule has 12 rings (SSSR count). The zero-order chi connectivity index (χ0) is 47.5. The molecular weight excluding hydrogens is 874 g/mol. The minimum atomic E-state index is -4.74. The summed E-state index contributed by atoms with van der Waals surface area (Å²) < 4.78 is 48.6. The molecule has 0 saturated carbocycles. The standard InChI is InChI=1S/C61H37F3N6/c62-61(63,64)45-30-38(36-65)29-43(31-45)50-35-57(69-55-23-9-7-17-46(55)48-27-25-41(32-58(48)69)53-21-11-19-51(67-53)39-13-3-1-4-14-39)44(37-66)34-60(50)70-56-24-10-8-18-47(56)49-28-26-42(33-59(49)70)54-22-12-20-52(68-54)40-15-5-2-6-16-40/h1-9,11-23,25-35H,10,24H2. The molecule has 0 atom stereocenters. The first kappa shape index (κ1) is 42.1. The average Bonchev–Trinajstić information content (AvgIpc) is 3.92. The molecule has 1 aliphatic carbocycles. The number of fused-ring (bicyclic) bond motifs is 6. The van der Waals surface area contributed by atoms with Crippen LogP contribution in [0.3, 0.4) is 0 Å². The van der Waals surface area contributed by atoms with Crippen molar-refractivity contribution >= 4 is 38.8 Å². The highest BCUT2D eigenvalue weighted by Crippen LogP contribution is 2.44. The summed E-state index contributed by atoms with van der Waals surface area (Å²) in [6, 6.07) is 63.6. The van der Waals surface area contributed by atoms with E-state index in [9.17, 15) is 23.7 Å². The summed E-state index contributed by atoms with van der Waals surface area (Å²) in [6.07, 6.45) is 0.868. The Balaban J connectivity index is 1.13. The Hall–Kier alpha value is -9.31. The van der Waals surface area contributed by atoms with Gasteiger partial charge in [0.05, 0.1) is 73.5 Å². The lowest BCUT2D eigenvalue weighted by molar-refractivity contribution is -0.137. The molecule has 0 spiro atoms. The normalized spacial score (nSPS) is 12.3. The van der Waals surface area contributed by atoms with Gasteiger partial charge in [-0.15, -0.1) is 0 Å². The summed E-state index contributed by atoms with van der Waals surface area (Å²) in [6.45, 7) is 0. The highest BCUT2D eigenvalue weighted by Gasteiger charge is 2.32. The minimum Gasteiger partial charge on any atom is -0.312 e. The van der Waals surface area contributed by atoms with E-state index in [2.05, 4.69) is 47.1 Å². The lowest BCUT2D eigenvalue weighted by Crippen LogP contribution is -2.09. The van der Waals surface area contributed by atoms with Gasteiger partial charge in [-0.25, -0.2) is 9.97 Å². The predicted molar refractivity (Wildman–Crippen MR) is 272 cm³/mol. The Morgan fingerprint density at radius 1 is 0.471 bits per heavy atom. The molecule has 70 heavy (non-hydrogen) atoms. The van der Waals surface area contributed by atoms with Crippen LogP contribution in [0.25, 0.3) is 106 Å². The number of hydrogen-bond acceptors (Lipinski definition) is 4. The van der Waals surface area contributed by atoms with Crippen LogP contribution in [0.2, 0.25) is 0 Å². The summed E-state index contributed by atoms with van der Waals surface area (Å²) >= 11 is 0. The number of allylic oxidation sites excluding steroid dienone is 1. The molecule has 0 fully saturated rings. The third kappa shape index (κ3) is 7.20. The van der Waals surface area contributed by atoms with E-state index in [4.69, 9.17) is 9.97 Å². The second kappa shape index (κ2) is 16.8. The van der Waals surface area contributed by atoms with Crippen LogP contribution in [0.1, 0.15) is 34.4 Å². The third-order valence-corrected chi connectivity index (χ3v) is 13.3. The number of halogens is 3. The van der Waals surface area contributed by atoms with E-state index in [0.717, 1.165) is 108 Å². The number of hydrogen-bond donors (Lipinski definition) is 0. The van der Waals surface area contributed by atoms with Crippen molar-refractivity contribution in [3.8, 4) is 79.7 Å². The Morgan fingerprint density at radius 3 is 1.69 bits per heavy atom. The molecule has 7 aromatic carbocycles. The summed E-state index contributed by atoms with van der Waals surface area (Å²) in [5, 5.41) is 24.3. The van der Waals surface area contributed by atoms with Gasteiger partial charge in [0.25, 0.3) is 0 Å². The number of benzene rings is 7. The fourth-order valence-corrected chi connectivity index (χ4v) is 10.1. The van der Waals surface area contributed by atoms with Crippen LogP contribution in [0, 0.1) is 22.7 Å². The molecular formula is C61H37F3N6. The first-order valence-electron chi connectivity index (χ1n) is 22.9. The van der Waals surface area contributed by atoms with Crippen molar-refractivity contribution in [3.63, 3.8) is 0 Å². The van der Waals surface area contributed by atoms with Crippen molar-refractivity contribution in [1.29, 1.82) is 10.5 Å². The molecule has 0 bridgehead atoms. The highest BCUT2D eigenvalue weighted by molar-refractivity contribution is 6.10. The van der Waals surface area contributed by atoms with Crippen LogP contribution in [-0.2, 0) is 12.6 Å². The first-order chi connectivity index (χ1) is 34.2. The van der Waals surface area contributed by atoms with Gasteiger partial charge in [-0.2, -0.15) is 23.7 Å². The monoisotopic (exact) mass is 910 g/mol. The van der Waals surface area contributed by atoms with Crippen molar-refractivity contribution in [2.24, 2.45) is 0 Å². The van der Waals surface area contributed by atoms with Gasteiger partial charge in [0.15, 0.2) is 0 Å². The van der Waals surface area contributed by atoms with Gasteiger partial charge in [0.1, 0.15) is 6.07 Å². The number of para-hydroxylation sites is 1. The van der Waals surface area contributed by atoms with Gasteiger partial charge in [-0.1, -0.05) is 127 Å². The quantitative estimate of drug-likeness (QED) is 0.159. The molecule has 9 heteroatoms. The van der Waals surface area contributed by atoms with E-state index in [1.54, 1.807) is 6.07 Å². The van der Waals surface area contributed by atoms with Crippen molar-refractivity contribution in [1.82, 2.24) is 19.1 Å². The number of nitrogens with zero attached hydrogens (tertiary/aromatic N) is 6. The molecule has 4 aromatic heterocycles. The van der Waals surface area contributed by atoms with Crippen molar-refractivity contribution in [2.45, 2.75) is 19.0 Å². The van der Waals surface area contributed by atoms with Gasteiger partial charge >= 0.3 is 6.18 Å². The van der Waals surface area contributed by atoms with Crippen molar-refractivity contribution in [3.05, 3.63) is 222 Å². The zero-order valence-corrected chi connectivity index (χ0v) is 37.3. The maximum absolute atomic E-state index is 14.8. The molecule has 0 unspecified atom stereocenters. The van der Waals surface area contributed by atoms with E-state index in [1.165, 1.54) is 6.07 Å². The van der Waals surface area contributed by atoms with E-state index < -0.39 is 11.7 Å². The summed E-state index contributed by atoms with van der Waals surface area (Å²) in [5.41, 5.74) is 12.0. The highest BCUT2D eigenvalue weighted by atomic mass is 19.4. The number of aromatic nitrogens is 4. The Kier molecular flexibility index (Phi) is 10.1. The van der Waals surface area contributed by atoms with Crippen LogP contribution in [-0.4, -0.2) is 19.1 Å². The number of rotatable bonds is 7. The second-order valence-corrected chi connectivity index (χ2v) is 17.4. The van der Waals surface area contributed by atoms with E-state index in [1.807, 2.05) is 150 Å². The van der Waals surface area contributed by atoms with Crippen LogP contribution < -0.4 is 0 Å². The molecule has 4 heterocycles. The molecule has 0 amide bonds. The predicted octanol–water partition coefficient (Wildman–Crippen LogP) is 15.6. The van der Waals surface area contributed by atoms with Crippen LogP contribution in [0.5, 0.6) is 0 Å². The molecule has 0 aliphatic heterocycles. The Labute approximate surface area is 400 Å². The Bertz CT molecular complexity index is 4020. The SMILES string of the molecule is N#Cc1cc(-c2cc(-n3c4ccccc4c4ccc(-c5cccc(-c6ccccc6)n5)cc43)c(C#N)cc2-n2c3c(c4ccc(-c5cccc(-c6ccccc6)n5)cc42)C=CCC3)cc(C(F)(F)F)c1. The first-order valence-corrected chi connectivity index (χ1v) is 22.9. The van der Waals surface area contributed by atoms with Gasteiger partial charge in [0.2, 0.25) is 0 Å². The molecule has 0 N–H and O–H groups in total. The number of nitriles is 2. The molecule has 6 nitrogen and oxygen atoms in total. The fraction of sp³-hybridized carbons (Fsp3) is 0.0492. The molecule has 0 saturated heterocycles. The molecule has 11 aromatic rings. The van der Waals surface area contributed by atoms with Gasteiger partial charge in [-0.05, 0) is 91.2 Å². The van der Waals surface area contributed by atoms with E-state index in [-0.39, 0.29) is 11.1 Å². The molecule has 332 valence electrons. The van der Waals surface area contributed by atoms with Gasteiger partial charge in [-0.3, -0.25) is 0 Å². The Morgan fingerprint density at radius 2 is 1.06 bits per heavy atom. The summed E-state index contributed by atoms with van der Waals surface area (Å²) in [7, 11) is 0. The lowest BCUT2D eigenvalue weighted by atomic mass is 9.95. The summed E-state index contributed by atoms with van der Waals surface area (Å²) in [4.78, 5) is 10.1. The second-order valence-electron chi connectivity index (χ2n) is 17.4. The molecule has 0 radical (unpaired) electrons. The average molecular weight is 911 g/mol. The van der Waals surface area contributed by atoms with E-state index >= 15 is 0 Å². The van der Waals surface area contributed by atoms with E-state index in [0.29, 0.717) is 28.9 Å². The zero-order valence-electron chi connectivity index (χ0n) is 37.3. The van der Waals surface area contributed by atoms with Crippen molar-refractivity contribution in [2.75, 3.05) is 0 Å². The smallest absolute Gasteiger partial charge is 0.312 e. The number of pyridine rings is 2. The van der Waals surface area contributed by atoms with Crippen LogP contribution in [0.4, 0.5) is 13.2 Å². The summed E-state index contributed by atoms with van der Waals surface area (Å²) in [5.74, 6) is 0. The fourth-order valence-electron chi connectivity index (χ4n) is 10.1. The third-order valence-electron chi connectivity index (χ3n) is 13.3. The molecule has 1 aliphatic rings. The topological polar surface area (TPSA) is 83.2 Å². The van der Waals surface area contributed by atoms with Crippen molar-refractivity contribution < 1.29 is 13.2 Å². The maximum Gasteiger partial charge on any atom is 0.416 e. The van der Waals surface area contributed by atoms with Gasteiger partial charge < -0.3 is 9.13 Å².